The van der Waals surface area contributed by atoms with Crippen molar-refractivity contribution in [2.45, 2.75) is 18.9 Å². The normalized spacial score (nSPS) is 15.3. The second-order valence-electron chi connectivity index (χ2n) is 6.69. The smallest absolute Gasteiger partial charge is 0.252 e. The Morgan fingerprint density at radius 1 is 1.52 bits per heavy atom. The summed E-state index contributed by atoms with van der Waals surface area (Å²) >= 11 is 15.4. The maximum atomic E-state index is 13.4. The number of aryl methyl sites for hydroxylation is 1. The van der Waals surface area contributed by atoms with Gasteiger partial charge in [0.1, 0.15) is 5.82 Å². The summed E-state index contributed by atoms with van der Waals surface area (Å²) in [6, 6.07) is 5.86. The Morgan fingerprint density at radius 3 is 2.90 bits per heavy atom. The molecule has 1 heterocycles. The number of rotatable bonds is 6. The van der Waals surface area contributed by atoms with Crippen molar-refractivity contribution in [1.82, 2.24) is 15.1 Å². The predicted octanol–water partition coefficient (Wildman–Crippen LogP) is 3.66. The van der Waals surface area contributed by atoms with Crippen LogP contribution in [-0.2, 0) is 18.3 Å². The monoisotopic (exact) mass is 496 g/mol. The molecule has 3 rings (SSSR count). The number of amides is 1. The van der Waals surface area contributed by atoms with Crippen molar-refractivity contribution in [3.8, 4) is 0 Å². The second kappa shape index (κ2) is 9.30. The summed E-state index contributed by atoms with van der Waals surface area (Å²) in [6.07, 6.45) is 4.02. The molecule has 1 aromatic heterocycles. The molecular formula is C20H19BrClFN4OS. The number of benzene rings is 1. The average Bonchev–Trinajstić information content (AvgIpc) is 3.01. The lowest BCUT2D eigenvalue weighted by Gasteiger charge is -2.22. The highest BCUT2D eigenvalue weighted by atomic mass is 79.9. The Kier molecular flexibility index (Phi) is 7.00. The molecule has 29 heavy (non-hydrogen) atoms. The van der Waals surface area contributed by atoms with E-state index in [1.807, 2.05) is 7.05 Å². The molecule has 1 aliphatic rings. The molecule has 0 saturated carbocycles. The standard InChI is InChI=1S/C20H19BrClFN4OS/c1-27-19(16(21)10-25-27)14-8-18(29)15(7-17(14)22)20(28)26-13(9-24)6-11-3-2-4-12(23)5-11/h2-5,7,10,13H,6,8-9,24H2,1H3,(H,26,28)/t13-/m0/s1. The van der Waals surface area contributed by atoms with Crippen molar-refractivity contribution >= 4 is 56.1 Å². The molecule has 0 bridgehead atoms. The molecular weight excluding hydrogens is 479 g/mol. The number of nitrogens with zero attached hydrogens (tertiary/aromatic N) is 2. The van der Waals surface area contributed by atoms with Gasteiger partial charge in [0.2, 0.25) is 0 Å². The van der Waals surface area contributed by atoms with Crippen LogP contribution in [0.5, 0.6) is 0 Å². The Balaban J connectivity index is 1.79. The Hall–Kier alpha value is -1.87. The van der Waals surface area contributed by atoms with Gasteiger partial charge in [-0.3, -0.25) is 9.48 Å². The fourth-order valence-corrected chi connectivity index (χ4v) is 4.33. The van der Waals surface area contributed by atoms with Gasteiger partial charge in [0, 0.05) is 41.5 Å². The van der Waals surface area contributed by atoms with Gasteiger partial charge >= 0.3 is 0 Å². The first-order valence-electron chi connectivity index (χ1n) is 8.87. The van der Waals surface area contributed by atoms with Crippen LogP contribution < -0.4 is 11.1 Å². The van der Waals surface area contributed by atoms with Gasteiger partial charge < -0.3 is 11.1 Å². The lowest BCUT2D eigenvalue weighted by Crippen LogP contribution is -2.43. The molecule has 0 aliphatic heterocycles. The fourth-order valence-electron chi connectivity index (χ4n) is 3.18. The van der Waals surface area contributed by atoms with E-state index in [0.717, 1.165) is 21.3 Å². The van der Waals surface area contributed by atoms with Crippen molar-refractivity contribution in [3.05, 3.63) is 68.7 Å². The largest absolute Gasteiger partial charge is 0.348 e. The minimum Gasteiger partial charge on any atom is -0.348 e. The number of nitrogens with one attached hydrogen (secondary N) is 1. The summed E-state index contributed by atoms with van der Waals surface area (Å²) < 4.78 is 15.9. The molecule has 1 aromatic carbocycles. The minimum atomic E-state index is -0.358. The van der Waals surface area contributed by atoms with Crippen molar-refractivity contribution in [3.63, 3.8) is 0 Å². The molecule has 9 heteroatoms. The van der Waals surface area contributed by atoms with Crippen LogP contribution in [0.2, 0.25) is 0 Å². The van der Waals surface area contributed by atoms with Crippen LogP contribution in [0.25, 0.3) is 5.57 Å². The fraction of sp³-hybridized carbons (Fsp3) is 0.250. The zero-order valence-corrected chi connectivity index (χ0v) is 18.7. The van der Waals surface area contributed by atoms with Crippen LogP contribution in [0, 0.1) is 5.82 Å². The first-order chi connectivity index (χ1) is 13.8. The molecule has 0 saturated heterocycles. The summed E-state index contributed by atoms with van der Waals surface area (Å²) in [6.45, 7) is 0.207. The van der Waals surface area contributed by atoms with E-state index >= 15 is 0 Å². The molecule has 152 valence electrons. The molecule has 0 unspecified atom stereocenters. The first kappa shape index (κ1) is 21.8. The van der Waals surface area contributed by atoms with Crippen molar-refractivity contribution < 1.29 is 9.18 Å². The van der Waals surface area contributed by atoms with E-state index in [0.29, 0.717) is 28.3 Å². The van der Waals surface area contributed by atoms with Crippen molar-refractivity contribution in [2.24, 2.45) is 12.8 Å². The lowest BCUT2D eigenvalue weighted by atomic mass is 9.94. The SMILES string of the molecule is Cn1ncc(Br)c1C1=C(Cl)C=C(C(=O)N[C@H](CN)Cc2cccc(F)c2)C(=S)C1. The van der Waals surface area contributed by atoms with Gasteiger partial charge in [0.25, 0.3) is 5.91 Å². The number of hydrogen-bond acceptors (Lipinski definition) is 4. The quantitative estimate of drug-likeness (QED) is 0.598. The second-order valence-corrected chi connectivity index (χ2v) is 8.44. The van der Waals surface area contributed by atoms with Gasteiger partial charge in [-0.1, -0.05) is 36.0 Å². The van der Waals surface area contributed by atoms with Gasteiger partial charge in [-0.15, -0.1) is 0 Å². The van der Waals surface area contributed by atoms with E-state index in [4.69, 9.17) is 29.6 Å². The number of carbonyl (C=O) groups is 1. The molecule has 2 aromatic rings. The van der Waals surface area contributed by atoms with Crippen molar-refractivity contribution in [2.75, 3.05) is 6.54 Å². The Bertz CT molecular complexity index is 1010. The molecule has 1 amide bonds. The summed E-state index contributed by atoms with van der Waals surface area (Å²) in [5.41, 5.74) is 8.52. The molecule has 5 nitrogen and oxygen atoms in total. The van der Waals surface area contributed by atoms with Gasteiger partial charge in [-0.25, -0.2) is 4.39 Å². The van der Waals surface area contributed by atoms with E-state index in [-0.39, 0.29) is 24.3 Å². The third-order valence-corrected chi connectivity index (χ3v) is 5.89. The zero-order chi connectivity index (χ0) is 21.1. The highest BCUT2D eigenvalue weighted by Gasteiger charge is 2.26. The summed E-state index contributed by atoms with van der Waals surface area (Å²) in [7, 11) is 1.81. The number of hydrogen-bond donors (Lipinski definition) is 2. The number of nitrogens with two attached hydrogens (primary N) is 1. The first-order valence-corrected chi connectivity index (χ1v) is 10.4. The molecule has 3 N–H and O–H groups in total. The lowest BCUT2D eigenvalue weighted by molar-refractivity contribution is -0.117. The number of allylic oxidation sites excluding steroid dienone is 3. The summed E-state index contributed by atoms with van der Waals surface area (Å²) in [5, 5.41) is 7.50. The van der Waals surface area contributed by atoms with Crippen LogP contribution in [0.4, 0.5) is 4.39 Å². The van der Waals surface area contributed by atoms with Crippen LogP contribution in [0.15, 0.2) is 51.6 Å². The average molecular weight is 498 g/mol. The van der Waals surface area contributed by atoms with Gasteiger partial charge in [0.15, 0.2) is 0 Å². The highest BCUT2D eigenvalue weighted by Crippen LogP contribution is 2.35. The number of thiocarbonyl (C=S) groups is 1. The van der Waals surface area contributed by atoms with E-state index in [9.17, 15) is 9.18 Å². The predicted molar refractivity (Wildman–Crippen MR) is 120 cm³/mol. The number of aromatic nitrogens is 2. The molecule has 1 aliphatic carbocycles. The van der Waals surface area contributed by atoms with Crippen LogP contribution in [0.3, 0.4) is 0 Å². The molecule has 0 radical (unpaired) electrons. The Morgan fingerprint density at radius 2 is 2.28 bits per heavy atom. The van der Waals surface area contributed by atoms with E-state index in [2.05, 4.69) is 26.3 Å². The molecule has 1 atom stereocenters. The summed E-state index contributed by atoms with van der Waals surface area (Å²) in [4.78, 5) is 13.3. The third-order valence-electron chi connectivity index (χ3n) is 4.61. The number of carbonyl (C=O) groups excluding carboxylic acids is 1. The maximum Gasteiger partial charge on any atom is 0.252 e. The zero-order valence-electron chi connectivity index (χ0n) is 15.6. The number of halogens is 3. The topological polar surface area (TPSA) is 72.9 Å². The van der Waals surface area contributed by atoms with Gasteiger partial charge in [-0.2, -0.15) is 5.10 Å². The van der Waals surface area contributed by atoms with Gasteiger partial charge in [0.05, 0.1) is 21.9 Å². The van der Waals surface area contributed by atoms with Crippen LogP contribution >= 0.6 is 39.7 Å². The minimum absolute atomic E-state index is 0.207. The highest BCUT2D eigenvalue weighted by molar-refractivity contribution is 9.10. The molecule has 0 spiro atoms. The van der Waals surface area contributed by atoms with Crippen LogP contribution in [0.1, 0.15) is 17.7 Å². The van der Waals surface area contributed by atoms with E-state index < -0.39 is 0 Å². The maximum absolute atomic E-state index is 13.4. The van der Waals surface area contributed by atoms with Crippen molar-refractivity contribution in [1.29, 1.82) is 0 Å². The van der Waals surface area contributed by atoms with E-state index in [1.54, 1.807) is 29.1 Å². The van der Waals surface area contributed by atoms with E-state index in [1.165, 1.54) is 12.1 Å². The summed E-state index contributed by atoms with van der Waals surface area (Å²) in [5.74, 6) is -0.672. The van der Waals surface area contributed by atoms with Crippen LogP contribution in [-0.4, -0.2) is 33.1 Å². The third kappa shape index (κ3) is 5.01. The van der Waals surface area contributed by atoms with Gasteiger partial charge in [-0.05, 0) is 46.1 Å². The Labute approximate surface area is 186 Å². The molecule has 0 fully saturated rings.